The van der Waals surface area contributed by atoms with Crippen molar-refractivity contribution in [2.75, 3.05) is 26.2 Å². The molecule has 2 unspecified atom stereocenters. The zero-order valence-corrected chi connectivity index (χ0v) is 10.4. The summed E-state index contributed by atoms with van der Waals surface area (Å²) in [5, 5.41) is 3.26. The first-order valence-corrected chi connectivity index (χ1v) is 6.47. The van der Waals surface area contributed by atoms with Gasteiger partial charge in [-0.05, 0) is 52.7 Å². The van der Waals surface area contributed by atoms with Crippen molar-refractivity contribution in [2.24, 2.45) is 0 Å². The zero-order valence-electron chi connectivity index (χ0n) is 10.4. The third-order valence-corrected chi connectivity index (χ3v) is 3.68. The summed E-state index contributed by atoms with van der Waals surface area (Å²) in [6.45, 7) is 8.55. The van der Waals surface area contributed by atoms with Crippen LogP contribution in [0, 0.1) is 0 Å². The number of rotatable bonds is 4. The molecule has 0 spiro atoms. The standard InChI is InChI=1S/C12H23N3O/c1-10-12(16)15(11(2)13-10)9-5-8-14-6-3-4-7-14/h10-11,13H,3-9H2,1-2H3. The highest BCUT2D eigenvalue weighted by Crippen LogP contribution is 2.12. The minimum atomic E-state index is 0.00165. The molecule has 2 saturated heterocycles. The SMILES string of the molecule is CC1NC(C)N(CCCN2CCCC2)C1=O. The van der Waals surface area contributed by atoms with Crippen molar-refractivity contribution < 1.29 is 4.79 Å². The largest absolute Gasteiger partial charge is 0.326 e. The van der Waals surface area contributed by atoms with E-state index >= 15 is 0 Å². The minimum Gasteiger partial charge on any atom is -0.326 e. The molecule has 1 amide bonds. The fourth-order valence-electron chi connectivity index (χ4n) is 2.74. The van der Waals surface area contributed by atoms with Gasteiger partial charge >= 0.3 is 0 Å². The highest BCUT2D eigenvalue weighted by molar-refractivity contribution is 5.83. The van der Waals surface area contributed by atoms with Gasteiger partial charge in [0.2, 0.25) is 5.91 Å². The molecule has 1 N–H and O–H groups in total. The lowest BCUT2D eigenvalue weighted by Gasteiger charge is -2.22. The molecule has 4 nitrogen and oxygen atoms in total. The molecule has 2 fully saturated rings. The van der Waals surface area contributed by atoms with Crippen LogP contribution in [0.25, 0.3) is 0 Å². The molecule has 0 bridgehead atoms. The molecule has 2 aliphatic rings. The van der Waals surface area contributed by atoms with Crippen LogP contribution in [0.5, 0.6) is 0 Å². The van der Waals surface area contributed by atoms with Gasteiger partial charge in [0.05, 0.1) is 12.2 Å². The number of carbonyl (C=O) groups excluding carboxylic acids is 1. The number of amides is 1. The maximum absolute atomic E-state index is 11.8. The van der Waals surface area contributed by atoms with Crippen molar-refractivity contribution in [1.29, 1.82) is 0 Å². The summed E-state index contributed by atoms with van der Waals surface area (Å²) in [7, 11) is 0. The predicted octanol–water partition coefficient (Wildman–Crippen LogP) is 0.639. The van der Waals surface area contributed by atoms with Crippen molar-refractivity contribution in [3.63, 3.8) is 0 Å². The van der Waals surface area contributed by atoms with E-state index in [9.17, 15) is 4.79 Å². The van der Waals surface area contributed by atoms with E-state index in [1.54, 1.807) is 0 Å². The summed E-state index contributed by atoms with van der Waals surface area (Å²) in [6, 6.07) is 0.00165. The van der Waals surface area contributed by atoms with Crippen molar-refractivity contribution in [3.05, 3.63) is 0 Å². The van der Waals surface area contributed by atoms with Gasteiger partial charge in [-0.3, -0.25) is 10.1 Å². The first-order chi connectivity index (χ1) is 7.68. The van der Waals surface area contributed by atoms with Crippen LogP contribution in [0.3, 0.4) is 0 Å². The molecular formula is C12H23N3O. The molecule has 2 aliphatic heterocycles. The van der Waals surface area contributed by atoms with Gasteiger partial charge in [0.1, 0.15) is 0 Å². The Morgan fingerprint density at radius 3 is 2.50 bits per heavy atom. The summed E-state index contributed by atoms with van der Waals surface area (Å²) in [5.41, 5.74) is 0. The second-order valence-electron chi connectivity index (χ2n) is 5.00. The second-order valence-corrected chi connectivity index (χ2v) is 5.00. The average molecular weight is 225 g/mol. The fourth-order valence-corrected chi connectivity index (χ4v) is 2.74. The quantitative estimate of drug-likeness (QED) is 0.762. The molecule has 2 atom stereocenters. The first-order valence-electron chi connectivity index (χ1n) is 6.47. The van der Waals surface area contributed by atoms with E-state index in [-0.39, 0.29) is 18.1 Å². The van der Waals surface area contributed by atoms with Crippen LogP contribution in [0.2, 0.25) is 0 Å². The lowest BCUT2D eigenvalue weighted by Crippen LogP contribution is -2.36. The summed E-state index contributed by atoms with van der Waals surface area (Å²) in [6.07, 6.45) is 4.00. The molecule has 0 aliphatic carbocycles. The van der Waals surface area contributed by atoms with E-state index in [0.29, 0.717) is 0 Å². The van der Waals surface area contributed by atoms with Gasteiger partial charge in [-0.2, -0.15) is 0 Å². The van der Waals surface area contributed by atoms with Crippen LogP contribution in [0.15, 0.2) is 0 Å². The molecule has 0 aromatic carbocycles. The molecule has 2 heterocycles. The van der Waals surface area contributed by atoms with E-state index in [1.807, 2.05) is 11.8 Å². The van der Waals surface area contributed by atoms with Crippen molar-refractivity contribution >= 4 is 5.91 Å². The smallest absolute Gasteiger partial charge is 0.240 e. The molecule has 0 saturated carbocycles. The first kappa shape index (κ1) is 11.9. The minimum absolute atomic E-state index is 0.00165. The van der Waals surface area contributed by atoms with Crippen molar-refractivity contribution in [3.8, 4) is 0 Å². The van der Waals surface area contributed by atoms with Gasteiger partial charge in [0, 0.05) is 6.54 Å². The van der Waals surface area contributed by atoms with Crippen molar-refractivity contribution in [1.82, 2.24) is 15.1 Å². The Morgan fingerprint density at radius 1 is 1.25 bits per heavy atom. The Morgan fingerprint density at radius 2 is 1.94 bits per heavy atom. The van der Waals surface area contributed by atoms with Gasteiger partial charge < -0.3 is 9.80 Å². The fraction of sp³-hybridized carbons (Fsp3) is 0.917. The van der Waals surface area contributed by atoms with Gasteiger partial charge in [-0.15, -0.1) is 0 Å². The predicted molar refractivity (Wildman–Crippen MR) is 64.1 cm³/mol. The highest BCUT2D eigenvalue weighted by atomic mass is 16.2. The normalized spacial score (nSPS) is 31.6. The lowest BCUT2D eigenvalue weighted by molar-refractivity contribution is -0.129. The van der Waals surface area contributed by atoms with Gasteiger partial charge in [0.15, 0.2) is 0 Å². The molecule has 0 aromatic heterocycles. The van der Waals surface area contributed by atoms with Crippen LogP contribution in [0.1, 0.15) is 33.1 Å². The van der Waals surface area contributed by atoms with Gasteiger partial charge in [-0.25, -0.2) is 0 Å². The molecular weight excluding hydrogens is 202 g/mol. The third-order valence-electron chi connectivity index (χ3n) is 3.68. The molecule has 4 heteroatoms. The Kier molecular flexibility index (Phi) is 3.82. The number of hydrogen-bond donors (Lipinski definition) is 1. The van der Waals surface area contributed by atoms with E-state index in [4.69, 9.17) is 0 Å². The number of nitrogens with zero attached hydrogens (tertiary/aromatic N) is 2. The van der Waals surface area contributed by atoms with E-state index in [1.165, 1.54) is 25.9 Å². The summed E-state index contributed by atoms with van der Waals surface area (Å²) in [5.74, 6) is 0.258. The monoisotopic (exact) mass is 225 g/mol. The second kappa shape index (κ2) is 5.15. The molecule has 92 valence electrons. The summed E-state index contributed by atoms with van der Waals surface area (Å²) in [4.78, 5) is 16.3. The molecule has 0 radical (unpaired) electrons. The van der Waals surface area contributed by atoms with Crippen LogP contribution < -0.4 is 5.32 Å². The van der Waals surface area contributed by atoms with E-state index in [0.717, 1.165) is 19.5 Å². The summed E-state index contributed by atoms with van der Waals surface area (Å²) >= 11 is 0. The summed E-state index contributed by atoms with van der Waals surface area (Å²) < 4.78 is 0. The third kappa shape index (κ3) is 2.55. The lowest BCUT2D eigenvalue weighted by atomic mass is 10.3. The van der Waals surface area contributed by atoms with Gasteiger partial charge in [-0.1, -0.05) is 0 Å². The molecule has 0 aromatic rings. The maximum atomic E-state index is 11.8. The Labute approximate surface area is 98.0 Å². The van der Waals surface area contributed by atoms with Crippen LogP contribution in [-0.4, -0.2) is 54.1 Å². The zero-order chi connectivity index (χ0) is 11.5. The molecule has 16 heavy (non-hydrogen) atoms. The number of likely N-dealkylation sites (tertiary alicyclic amines) is 1. The van der Waals surface area contributed by atoms with Crippen LogP contribution in [0.4, 0.5) is 0 Å². The topological polar surface area (TPSA) is 35.6 Å². The number of hydrogen-bond acceptors (Lipinski definition) is 3. The van der Waals surface area contributed by atoms with Crippen molar-refractivity contribution in [2.45, 2.75) is 45.3 Å². The number of carbonyl (C=O) groups is 1. The van der Waals surface area contributed by atoms with E-state index in [2.05, 4.69) is 17.1 Å². The van der Waals surface area contributed by atoms with Crippen LogP contribution in [-0.2, 0) is 4.79 Å². The van der Waals surface area contributed by atoms with E-state index < -0.39 is 0 Å². The van der Waals surface area contributed by atoms with Crippen LogP contribution >= 0.6 is 0 Å². The Hall–Kier alpha value is -0.610. The average Bonchev–Trinajstić information content (AvgIpc) is 2.82. The Bertz CT molecular complexity index is 251. The van der Waals surface area contributed by atoms with Gasteiger partial charge in [0.25, 0.3) is 0 Å². The number of nitrogens with one attached hydrogen (secondary N) is 1. The molecule has 2 rings (SSSR count). The maximum Gasteiger partial charge on any atom is 0.240 e. The Balaban J connectivity index is 1.70. The highest BCUT2D eigenvalue weighted by Gasteiger charge is 2.32.